The molecule has 2 nitrogen and oxygen atoms in total. The van der Waals surface area contributed by atoms with Crippen molar-refractivity contribution in [3.05, 3.63) is 40.8 Å². The van der Waals surface area contributed by atoms with Gasteiger partial charge in [-0.25, -0.2) is 4.39 Å². The van der Waals surface area contributed by atoms with E-state index in [0.717, 1.165) is 25.8 Å². The first-order valence-corrected chi connectivity index (χ1v) is 9.81. The first kappa shape index (κ1) is 17.6. The monoisotopic (exact) mass is 346 g/mol. The first-order valence-electron chi connectivity index (χ1n) is 8.52. The van der Waals surface area contributed by atoms with Crippen LogP contribution in [0.25, 0.3) is 5.83 Å². The van der Waals surface area contributed by atoms with Gasteiger partial charge in [-0.15, -0.1) is 0 Å². The SMILES string of the molecule is CC(C)(C)CCC1(C(=O)S2=[C]c3ccccc3C(F)=C2)CCNC1. The highest BCUT2D eigenvalue weighted by Crippen LogP contribution is 2.44. The number of carbonyl (C=O) groups excluding carboxylic acids is 1. The molecule has 0 aromatic heterocycles. The summed E-state index contributed by atoms with van der Waals surface area (Å²) in [6.07, 6.45) is 2.68. The molecular weight excluding hydrogens is 321 g/mol. The summed E-state index contributed by atoms with van der Waals surface area (Å²) in [5.41, 5.74) is 1.06. The largest absolute Gasteiger partial charge is 0.316 e. The highest BCUT2D eigenvalue weighted by atomic mass is 32.2. The Hall–Kier alpha value is -1.26. The molecule has 0 amide bonds. The maximum atomic E-state index is 14.4. The van der Waals surface area contributed by atoms with Gasteiger partial charge in [-0.2, -0.15) is 0 Å². The van der Waals surface area contributed by atoms with Gasteiger partial charge in [0.2, 0.25) is 0 Å². The lowest BCUT2D eigenvalue weighted by molar-refractivity contribution is -0.119. The van der Waals surface area contributed by atoms with Gasteiger partial charge in [0.05, 0.1) is 5.41 Å². The summed E-state index contributed by atoms with van der Waals surface area (Å²) >= 11 is 0. The average Bonchev–Trinajstić information content (AvgIpc) is 3.02. The fraction of sp³-hybridized carbons (Fsp3) is 0.500. The van der Waals surface area contributed by atoms with Gasteiger partial charge in [-0.3, -0.25) is 4.79 Å². The van der Waals surface area contributed by atoms with Gasteiger partial charge in [0.25, 0.3) is 0 Å². The maximum absolute atomic E-state index is 14.4. The fourth-order valence-corrected chi connectivity index (χ4v) is 5.03. The number of rotatable bonds is 3. The topological polar surface area (TPSA) is 29.1 Å². The third-order valence-electron chi connectivity index (χ3n) is 4.86. The second-order valence-electron chi connectivity index (χ2n) is 8.01. The van der Waals surface area contributed by atoms with Crippen molar-refractivity contribution in [3.8, 4) is 0 Å². The maximum Gasteiger partial charge on any atom is 0.195 e. The molecule has 1 aromatic rings. The van der Waals surface area contributed by atoms with Crippen molar-refractivity contribution in [2.75, 3.05) is 13.1 Å². The molecule has 0 bridgehead atoms. The molecule has 0 spiro atoms. The summed E-state index contributed by atoms with van der Waals surface area (Å²) in [6.45, 7) is 8.15. The molecule has 1 N–H and O–H groups in total. The minimum Gasteiger partial charge on any atom is -0.316 e. The van der Waals surface area contributed by atoms with Crippen molar-refractivity contribution < 1.29 is 9.18 Å². The van der Waals surface area contributed by atoms with Crippen molar-refractivity contribution >= 4 is 26.8 Å². The van der Waals surface area contributed by atoms with E-state index in [0.29, 0.717) is 17.7 Å². The predicted octanol–water partition coefficient (Wildman–Crippen LogP) is 4.60. The van der Waals surface area contributed by atoms with E-state index in [1.165, 1.54) is 5.41 Å². The number of nitrogens with one attached hydrogen (secondary N) is 1. The Morgan fingerprint density at radius 3 is 2.79 bits per heavy atom. The molecule has 3 rings (SSSR count). The molecule has 1 aromatic carbocycles. The Balaban J connectivity index is 1.91. The fourth-order valence-electron chi connectivity index (χ4n) is 3.28. The quantitative estimate of drug-likeness (QED) is 0.811. The Bertz CT molecular complexity index is 709. The van der Waals surface area contributed by atoms with Crippen LogP contribution in [0.4, 0.5) is 4.39 Å². The van der Waals surface area contributed by atoms with Crippen LogP contribution in [-0.4, -0.2) is 23.6 Å². The van der Waals surface area contributed by atoms with E-state index in [9.17, 15) is 9.18 Å². The molecule has 24 heavy (non-hydrogen) atoms. The Morgan fingerprint density at radius 1 is 1.38 bits per heavy atom. The van der Waals surface area contributed by atoms with Crippen LogP contribution < -0.4 is 5.32 Å². The molecule has 1 saturated heterocycles. The van der Waals surface area contributed by atoms with Crippen LogP contribution in [0.2, 0.25) is 0 Å². The standard InChI is InChI=1S/C20H25FNOS/c1-19(2,3)8-9-20(10-11-22-14-20)18(23)24-12-15-6-4-5-7-16(15)17(21)13-24/h4-7,13,22H,8-11,14H2,1-3H3. The summed E-state index contributed by atoms with van der Waals surface area (Å²) in [4.78, 5) is 13.3. The molecule has 2 aliphatic rings. The lowest BCUT2D eigenvalue weighted by Crippen LogP contribution is -2.33. The van der Waals surface area contributed by atoms with Crippen LogP contribution in [0.1, 0.15) is 51.2 Å². The van der Waals surface area contributed by atoms with Crippen LogP contribution in [-0.2, 0) is 4.79 Å². The highest BCUT2D eigenvalue weighted by Gasteiger charge is 2.42. The zero-order valence-electron chi connectivity index (χ0n) is 14.6. The zero-order chi connectivity index (χ0) is 17.4. The highest BCUT2D eigenvalue weighted by molar-refractivity contribution is 8.30. The van der Waals surface area contributed by atoms with E-state index < -0.39 is 10.5 Å². The Morgan fingerprint density at radius 2 is 2.12 bits per heavy atom. The number of hydrogen-bond acceptors (Lipinski definition) is 2. The van der Waals surface area contributed by atoms with Crippen molar-refractivity contribution in [2.24, 2.45) is 10.8 Å². The van der Waals surface area contributed by atoms with E-state index in [1.54, 1.807) is 6.07 Å². The van der Waals surface area contributed by atoms with E-state index in [-0.39, 0.29) is 21.8 Å². The lowest BCUT2D eigenvalue weighted by Gasteiger charge is -2.31. The van der Waals surface area contributed by atoms with Crippen LogP contribution in [0.3, 0.4) is 0 Å². The van der Waals surface area contributed by atoms with Crippen molar-refractivity contribution in [1.29, 1.82) is 0 Å². The molecule has 4 heteroatoms. The van der Waals surface area contributed by atoms with Gasteiger partial charge in [-0.05, 0) is 36.8 Å². The molecule has 129 valence electrons. The van der Waals surface area contributed by atoms with Crippen molar-refractivity contribution in [1.82, 2.24) is 5.32 Å². The molecule has 2 unspecified atom stereocenters. The third-order valence-corrected chi connectivity index (χ3v) is 6.57. The van der Waals surface area contributed by atoms with E-state index in [4.69, 9.17) is 0 Å². The molecule has 0 aliphatic carbocycles. The zero-order valence-corrected chi connectivity index (χ0v) is 15.4. The number of carbonyl (C=O) groups is 1. The van der Waals surface area contributed by atoms with Gasteiger partial charge >= 0.3 is 0 Å². The molecular formula is C20H25FNOS. The molecule has 2 aliphatic heterocycles. The van der Waals surface area contributed by atoms with Crippen molar-refractivity contribution in [3.63, 3.8) is 0 Å². The minimum atomic E-state index is -0.904. The molecule has 2 heterocycles. The molecule has 1 fully saturated rings. The summed E-state index contributed by atoms with van der Waals surface area (Å²) in [7, 11) is -0.904. The Labute approximate surface area is 146 Å². The lowest BCUT2D eigenvalue weighted by atomic mass is 9.78. The van der Waals surface area contributed by atoms with E-state index >= 15 is 0 Å². The second-order valence-corrected chi connectivity index (χ2v) is 9.49. The third kappa shape index (κ3) is 3.55. The summed E-state index contributed by atoms with van der Waals surface area (Å²) in [6, 6.07) is 7.25. The minimum absolute atomic E-state index is 0.140. The average molecular weight is 346 g/mol. The number of benzene rings is 1. The predicted molar refractivity (Wildman–Crippen MR) is 101 cm³/mol. The summed E-state index contributed by atoms with van der Waals surface area (Å²) in [5, 5.41) is 8.22. The second kappa shape index (κ2) is 6.57. The van der Waals surface area contributed by atoms with Gasteiger partial charge in [-0.1, -0.05) is 55.5 Å². The summed E-state index contributed by atoms with van der Waals surface area (Å²) in [5.74, 6) is -0.294. The number of halogens is 1. The van der Waals surface area contributed by atoms with Crippen LogP contribution in [0.15, 0.2) is 29.7 Å². The van der Waals surface area contributed by atoms with E-state index in [1.807, 2.05) is 18.2 Å². The normalized spacial score (nSPS) is 26.5. The molecule has 0 saturated carbocycles. The van der Waals surface area contributed by atoms with Crippen LogP contribution in [0, 0.1) is 10.8 Å². The number of fused-ring (bicyclic) bond motifs is 1. The van der Waals surface area contributed by atoms with Crippen LogP contribution >= 0.6 is 10.5 Å². The van der Waals surface area contributed by atoms with Gasteiger partial charge in [0.1, 0.15) is 5.83 Å². The van der Waals surface area contributed by atoms with Crippen LogP contribution in [0.5, 0.6) is 0 Å². The first-order chi connectivity index (χ1) is 11.3. The molecule has 1 radical (unpaired) electrons. The molecule has 2 atom stereocenters. The Kier molecular flexibility index (Phi) is 4.80. The smallest absolute Gasteiger partial charge is 0.195 e. The van der Waals surface area contributed by atoms with Crippen molar-refractivity contribution in [2.45, 2.75) is 40.0 Å². The van der Waals surface area contributed by atoms with E-state index in [2.05, 4.69) is 31.5 Å². The van der Waals surface area contributed by atoms with Gasteiger partial charge in [0, 0.05) is 22.9 Å². The summed E-state index contributed by atoms with van der Waals surface area (Å²) < 4.78 is 14.4. The van der Waals surface area contributed by atoms with Gasteiger partial charge in [0.15, 0.2) is 5.12 Å². The number of hydrogen-bond donors (Lipinski definition) is 1. The van der Waals surface area contributed by atoms with Gasteiger partial charge < -0.3 is 5.32 Å².